The Kier molecular flexibility index (Phi) is 3.89. The summed E-state index contributed by atoms with van der Waals surface area (Å²) in [6.45, 7) is 5.44. The Balaban J connectivity index is 2.08. The predicted octanol–water partition coefficient (Wildman–Crippen LogP) is 0.851. The van der Waals surface area contributed by atoms with Crippen LogP contribution >= 0.6 is 0 Å². The van der Waals surface area contributed by atoms with Crippen LogP contribution in [0.5, 0.6) is 0 Å². The molecule has 1 aliphatic heterocycles. The molecule has 0 spiro atoms. The largest absolute Gasteiger partial charge is 0.375 e. The number of nitrogens with zero attached hydrogens (tertiary/aromatic N) is 5. The van der Waals surface area contributed by atoms with E-state index >= 15 is 0 Å². The van der Waals surface area contributed by atoms with Gasteiger partial charge < -0.3 is 9.64 Å². The molecule has 22 heavy (non-hydrogen) atoms. The Labute approximate surface area is 128 Å². The van der Waals surface area contributed by atoms with Gasteiger partial charge in [0.1, 0.15) is 6.33 Å². The predicted molar refractivity (Wildman–Crippen MR) is 82.7 cm³/mol. The van der Waals surface area contributed by atoms with Gasteiger partial charge in [0.15, 0.2) is 0 Å². The van der Waals surface area contributed by atoms with Gasteiger partial charge in [0.25, 0.3) is 5.56 Å². The van der Waals surface area contributed by atoms with Gasteiger partial charge in [-0.25, -0.2) is 15.0 Å². The van der Waals surface area contributed by atoms with Gasteiger partial charge in [-0.3, -0.25) is 9.36 Å². The van der Waals surface area contributed by atoms with Crippen molar-refractivity contribution in [2.75, 3.05) is 18.1 Å². The number of hydrogen-bond acceptors (Lipinski definition) is 6. The SMILES string of the molecule is CC1OCCN(c2nc(-c3ccncn3)cc(=O)n2C)C1C. The Bertz CT molecular complexity index is 716. The monoisotopic (exact) mass is 301 g/mol. The molecule has 1 aliphatic rings. The maximum Gasteiger partial charge on any atom is 0.255 e. The van der Waals surface area contributed by atoms with Crippen LogP contribution in [0.15, 0.2) is 29.5 Å². The number of anilines is 1. The van der Waals surface area contributed by atoms with E-state index in [0.717, 1.165) is 0 Å². The molecule has 116 valence electrons. The number of morpholine rings is 1. The lowest BCUT2D eigenvalue weighted by Gasteiger charge is -2.39. The Morgan fingerprint density at radius 2 is 2.14 bits per heavy atom. The average molecular weight is 301 g/mol. The van der Waals surface area contributed by atoms with Crippen LogP contribution in [0.1, 0.15) is 13.8 Å². The summed E-state index contributed by atoms with van der Waals surface area (Å²) in [4.78, 5) is 27.1. The Morgan fingerprint density at radius 1 is 1.32 bits per heavy atom. The summed E-state index contributed by atoms with van der Waals surface area (Å²) in [5.74, 6) is 0.642. The topological polar surface area (TPSA) is 73.1 Å². The Hall–Kier alpha value is -2.28. The van der Waals surface area contributed by atoms with E-state index in [2.05, 4.69) is 26.8 Å². The summed E-state index contributed by atoms with van der Waals surface area (Å²) in [5.41, 5.74) is 1.10. The van der Waals surface area contributed by atoms with Crippen molar-refractivity contribution in [1.82, 2.24) is 19.5 Å². The molecule has 0 aliphatic carbocycles. The van der Waals surface area contributed by atoms with Gasteiger partial charge >= 0.3 is 0 Å². The molecule has 0 radical (unpaired) electrons. The summed E-state index contributed by atoms with van der Waals surface area (Å²) < 4.78 is 7.22. The third kappa shape index (κ3) is 2.59. The van der Waals surface area contributed by atoms with Gasteiger partial charge in [-0.2, -0.15) is 0 Å². The van der Waals surface area contributed by atoms with Gasteiger partial charge in [0.2, 0.25) is 5.95 Å². The molecule has 0 saturated carbocycles. The molecular formula is C15H19N5O2. The van der Waals surface area contributed by atoms with E-state index in [1.165, 1.54) is 12.4 Å². The fourth-order valence-corrected chi connectivity index (χ4v) is 2.57. The fourth-order valence-electron chi connectivity index (χ4n) is 2.57. The van der Waals surface area contributed by atoms with Gasteiger partial charge in [-0.15, -0.1) is 0 Å². The zero-order valence-corrected chi connectivity index (χ0v) is 12.9. The van der Waals surface area contributed by atoms with Crippen LogP contribution in [-0.4, -0.2) is 44.8 Å². The first-order valence-electron chi connectivity index (χ1n) is 7.30. The highest BCUT2D eigenvalue weighted by molar-refractivity contribution is 5.55. The van der Waals surface area contributed by atoms with Crippen LogP contribution in [0.25, 0.3) is 11.4 Å². The lowest BCUT2D eigenvalue weighted by Crippen LogP contribution is -2.50. The van der Waals surface area contributed by atoms with Crippen LogP contribution in [0.3, 0.4) is 0 Å². The molecule has 3 heterocycles. The molecule has 0 bridgehead atoms. The summed E-state index contributed by atoms with van der Waals surface area (Å²) in [6.07, 6.45) is 3.18. The van der Waals surface area contributed by atoms with Crippen molar-refractivity contribution in [3.63, 3.8) is 0 Å². The van der Waals surface area contributed by atoms with Crippen molar-refractivity contribution in [2.45, 2.75) is 26.0 Å². The molecule has 2 aromatic rings. The molecule has 1 saturated heterocycles. The molecule has 0 N–H and O–H groups in total. The highest BCUT2D eigenvalue weighted by Gasteiger charge is 2.28. The zero-order chi connectivity index (χ0) is 15.7. The maximum atomic E-state index is 12.3. The summed E-state index contributed by atoms with van der Waals surface area (Å²) in [6, 6.07) is 3.39. The minimum Gasteiger partial charge on any atom is -0.375 e. The van der Waals surface area contributed by atoms with Gasteiger partial charge in [0, 0.05) is 25.9 Å². The molecule has 0 aromatic carbocycles. The number of hydrogen-bond donors (Lipinski definition) is 0. The van der Waals surface area contributed by atoms with E-state index in [1.54, 1.807) is 23.9 Å². The second-order valence-electron chi connectivity index (χ2n) is 5.44. The summed E-state index contributed by atoms with van der Waals surface area (Å²) >= 11 is 0. The normalized spacial score (nSPS) is 21.9. The van der Waals surface area contributed by atoms with Crippen LogP contribution in [0, 0.1) is 0 Å². The minimum absolute atomic E-state index is 0.0911. The molecular weight excluding hydrogens is 282 g/mol. The fraction of sp³-hybridized carbons (Fsp3) is 0.467. The van der Waals surface area contributed by atoms with E-state index < -0.39 is 0 Å². The van der Waals surface area contributed by atoms with E-state index in [0.29, 0.717) is 30.5 Å². The molecule has 2 atom stereocenters. The maximum absolute atomic E-state index is 12.3. The van der Waals surface area contributed by atoms with Crippen LogP contribution in [0.2, 0.25) is 0 Å². The van der Waals surface area contributed by atoms with Crippen LogP contribution < -0.4 is 10.5 Å². The van der Waals surface area contributed by atoms with Gasteiger partial charge in [0.05, 0.1) is 30.1 Å². The van der Waals surface area contributed by atoms with Crippen molar-refractivity contribution >= 4 is 5.95 Å². The molecule has 0 amide bonds. The van der Waals surface area contributed by atoms with E-state index in [4.69, 9.17) is 4.74 Å². The smallest absolute Gasteiger partial charge is 0.255 e. The lowest BCUT2D eigenvalue weighted by molar-refractivity contribution is 0.0274. The van der Waals surface area contributed by atoms with E-state index in [9.17, 15) is 4.79 Å². The van der Waals surface area contributed by atoms with Crippen LogP contribution in [-0.2, 0) is 11.8 Å². The highest BCUT2D eigenvalue weighted by Crippen LogP contribution is 2.22. The van der Waals surface area contributed by atoms with Crippen LogP contribution in [0.4, 0.5) is 5.95 Å². The third-order valence-electron chi connectivity index (χ3n) is 4.10. The average Bonchev–Trinajstić information content (AvgIpc) is 2.54. The minimum atomic E-state index is -0.107. The van der Waals surface area contributed by atoms with E-state index in [-0.39, 0.29) is 17.7 Å². The molecule has 7 nitrogen and oxygen atoms in total. The number of rotatable bonds is 2. The van der Waals surface area contributed by atoms with E-state index in [1.807, 2.05) is 6.92 Å². The third-order valence-corrected chi connectivity index (χ3v) is 4.10. The first kappa shape index (κ1) is 14.6. The van der Waals surface area contributed by atoms with Crippen molar-refractivity contribution in [3.8, 4) is 11.4 Å². The summed E-state index contributed by atoms with van der Waals surface area (Å²) in [7, 11) is 1.74. The van der Waals surface area contributed by atoms with Crippen molar-refractivity contribution < 1.29 is 4.74 Å². The molecule has 7 heteroatoms. The second kappa shape index (κ2) is 5.84. The first-order chi connectivity index (χ1) is 10.6. The molecule has 3 rings (SSSR count). The van der Waals surface area contributed by atoms with Crippen molar-refractivity contribution in [3.05, 3.63) is 35.0 Å². The zero-order valence-electron chi connectivity index (χ0n) is 12.9. The van der Waals surface area contributed by atoms with Gasteiger partial charge in [-0.1, -0.05) is 0 Å². The van der Waals surface area contributed by atoms with Crippen molar-refractivity contribution in [2.24, 2.45) is 7.05 Å². The molecule has 2 unspecified atom stereocenters. The lowest BCUT2D eigenvalue weighted by atomic mass is 10.1. The second-order valence-corrected chi connectivity index (χ2v) is 5.44. The van der Waals surface area contributed by atoms with Gasteiger partial charge in [-0.05, 0) is 19.9 Å². The molecule has 1 fully saturated rings. The van der Waals surface area contributed by atoms with Crippen molar-refractivity contribution in [1.29, 1.82) is 0 Å². The number of ether oxygens (including phenoxy) is 1. The number of aromatic nitrogens is 4. The molecule has 2 aromatic heterocycles. The standard InChI is InChI=1S/C15H19N5O2/c1-10-11(2)22-7-6-20(10)15-18-13(8-14(21)19(15)3)12-4-5-16-9-17-12/h4-5,8-11H,6-7H2,1-3H3. The highest BCUT2D eigenvalue weighted by atomic mass is 16.5. The summed E-state index contributed by atoms with van der Waals surface area (Å²) in [5, 5.41) is 0. The Morgan fingerprint density at radius 3 is 2.86 bits per heavy atom. The quantitative estimate of drug-likeness (QED) is 0.819. The first-order valence-corrected chi connectivity index (χ1v) is 7.30.